The van der Waals surface area contributed by atoms with Gasteiger partial charge in [-0.25, -0.2) is 0 Å². The summed E-state index contributed by atoms with van der Waals surface area (Å²) in [5, 5.41) is 13.5. The third kappa shape index (κ3) is 4.07. The summed E-state index contributed by atoms with van der Waals surface area (Å²) >= 11 is 0. The lowest BCUT2D eigenvalue weighted by atomic mass is 9.92. The van der Waals surface area contributed by atoms with Crippen molar-refractivity contribution in [3.8, 4) is 5.75 Å². The molecule has 7 nitrogen and oxygen atoms in total. The Morgan fingerprint density at radius 3 is 2.55 bits per heavy atom. The lowest BCUT2D eigenvalue weighted by molar-refractivity contribution is -0.385. The maximum absolute atomic E-state index is 11.9. The smallest absolute Gasteiger partial charge is 0.312 e. The average Bonchev–Trinajstić information content (AvgIpc) is 2.38. The molecule has 1 amide bonds. The van der Waals surface area contributed by atoms with Crippen molar-refractivity contribution in [1.82, 2.24) is 0 Å². The molecule has 0 radical (unpaired) electrons. The highest BCUT2D eigenvalue weighted by Crippen LogP contribution is 2.30. The maximum Gasteiger partial charge on any atom is 0.312 e. The van der Waals surface area contributed by atoms with Crippen molar-refractivity contribution in [3.05, 3.63) is 28.3 Å². The first-order chi connectivity index (χ1) is 8.81. The summed E-state index contributed by atoms with van der Waals surface area (Å²) in [6.07, 6.45) is 0. The van der Waals surface area contributed by atoms with Crippen LogP contribution in [-0.2, 0) is 4.79 Å². The van der Waals surface area contributed by atoms with Gasteiger partial charge in [0.15, 0.2) is 5.75 Å². The molecular weight excluding hydrogens is 286 g/mol. The summed E-state index contributed by atoms with van der Waals surface area (Å²) in [7, 11) is 1.35. The number of nitrogens with one attached hydrogen (secondary N) is 1. The number of nitro groups is 1. The van der Waals surface area contributed by atoms with E-state index in [1.54, 1.807) is 13.8 Å². The van der Waals surface area contributed by atoms with Crippen LogP contribution in [0.5, 0.6) is 5.75 Å². The van der Waals surface area contributed by atoms with Crippen LogP contribution in [0.2, 0.25) is 0 Å². The molecule has 0 spiro atoms. The quantitative estimate of drug-likeness (QED) is 0.638. The molecule has 0 saturated carbocycles. The van der Waals surface area contributed by atoms with Crippen LogP contribution in [0.15, 0.2) is 18.2 Å². The first-order valence-electron chi connectivity index (χ1n) is 5.66. The van der Waals surface area contributed by atoms with E-state index in [2.05, 4.69) is 5.32 Å². The summed E-state index contributed by atoms with van der Waals surface area (Å²) in [5.74, 6) is -0.157. The molecular formula is C12H18ClN3O4. The molecule has 1 aromatic rings. The molecule has 0 aliphatic rings. The van der Waals surface area contributed by atoms with E-state index in [4.69, 9.17) is 10.5 Å². The number of hydrogen-bond donors (Lipinski definition) is 2. The van der Waals surface area contributed by atoms with Gasteiger partial charge in [0.25, 0.3) is 0 Å². The van der Waals surface area contributed by atoms with Crippen LogP contribution in [0, 0.1) is 15.5 Å². The first-order valence-corrected chi connectivity index (χ1v) is 5.66. The number of anilines is 1. The largest absolute Gasteiger partial charge is 0.490 e. The summed E-state index contributed by atoms with van der Waals surface area (Å²) in [5.41, 5.74) is 4.88. The van der Waals surface area contributed by atoms with E-state index in [-0.39, 0.29) is 36.3 Å². The molecule has 0 saturated heterocycles. The van der Waals surface area contributed by atoms with E-state index >= 15 is 0 Å². The maximum atomic E-state index is 11.9. The molecule has 0 fully saturated rings. The summed E-state index contributed by atoms with van der Waals surface area (Å²) < 4.78 is 4.88. The van der Waals surface area contributed by atoms with Gasteiger partial charge in [0, 0.05) is 18.3 Å². The average molecular weight is 304 g/mol. The van der Waals surface area contributed by atoms with Crippen LogP contribution in [0.4, 0.5) is 11.4 Å². The number of halogens is 1. The van der Waals surface area contributed by atoms with Crippen molar-refractivity contribution in [3.63, 3.8) is 0 Å². The Kier molecular flexibility index (Phi) is 6.41. The molecule has 1 rings (SSSR count). The van der Waals surface area contributed by atoms with Crippen molar-refractivity contribution in [2.45, 2.75) is 13.8 Å². The molecule has 0 atom stereocenters. The topological polar surface area (TPSA) is 107 Å². The predicted octanol–water partition coefficient (Wildman–Crippen LogP) is 1.95. The van der Waals surface area contributed by atoms with E-state index < -0.39 is 10.3 Å². The molecule has 0 aliphatic heterocycles. The van der Waals surface area contributed by atoms with Crippen LogP contribution in [0.3, 0.4) is 0 Å². The number of ether oxygens (including phenoxy) is 1. The van der Waals surface area contributed by atoms with Crippen molar-refractivity contribution >= 4 is 29.7 Å². The third-order valence-electron chi connectivity index (χ3n) is 2.76. The second-order valence-electron chi connectivity index (χ2n) is 4.69. The SMILES string of the molecule is COc1ccc(NC(=O)C(C)(C)CN)cc1[N+](=O)[O-].Cl. The Bertz CT molecular complexity index is 505. The summed E-state index contributed by atoms with van der Waals surface area (Å²) in [6.45, 7) is 3.57. The number of carbonyl (C=O) groups is 1. The molecule has 0 unspecified atom stereocenters. The van der Waals surface area contributed by atoms with E-state index in [0.29, 0.717) is 5.69 Å². The molecule has 3 N–H and O–H groups in total. The van der Waals surface area contributed by atoms with E-state index in [1.165, 1.54) is 25.3 Å². The van der Waals surface area contributed by atoms with Gasteiger partial charge in [-0.2, -0.15) is 0 Å². The van der Waals surface area contributed by atoms with Crippen LogP contribution in [-0.4, -0.2) is 24.5 Å². The van der Waals surface area contributed by atoms with Gasteiger partial charge in [-0.15, -0.1) is 12.4 Å². The fourth-order valence-electron chi connectivity index (χ4n) is 1.30. The third-order valence-corrected chi connectivity index (χ3v) is 2.76. The molecule has 20 heavy (non-hydrogen) atoms. The first kappa shape index (κ1) is 18.1. The molecule has 0 heterocycles. The van der Waals surface area contributed by atoms with E-state index in [0.717, 1.165) is 0 Å². The molecule has 8 heteroatoms. The minimum atomic E-state index is -0.741. The minimum absolute atomic E-state index is 0. The van der Waals surface area contributed by atoms with Gasteiger partial charge < -0.3 is 15.8 Å². The number of benzene rings is 1. The number of carbonyl (C=O) groups excluding carboxylic acids is 1. The number of rotatable bonds is 5. The Labute approximate surface area is 123 Å². The van der Waals surface area contributed by atoms with Gasteiger partial charge in [-0.3, -0.25) is 14.9 Å². The van der Waals surface area contributed by atoms with Crippen molar-refractivity contribution in [2.75, 3.05) is 19.0 Å². The van der Waals surface area contributed by atoms with Gasteiger partial charge >= 0.3 is 5.69 Å². The van der Waals surface area contributed by atoms with Crippen LogP contribution in [0.25, 0.3) is 0 Å². The van der Waals surface area contributed by atoms with Crippen LogP contribution < -0.4 is 15.8 Å². The number of hydrogen-bond acceptors (Lipinski definition) is 5. The molecule has 0 aliphatic carbocycles. The highest BCUT2D eigenvalue weighted by atomic mass is 35.5. The number of nitrogens with zero attached hydrogens (tertiary/aromatic N) is 1. The Morgan fingerprint density at radius 2 is 2.10 bits per heavy atom. The number of methoxy groups -OCH3 is 1. The summed E-state index contributed by atoms with van der Waals surface area (Å²) in [4.78, 5) is 22.2. The highest BCUT2D eigenvalue weighted by Gasteiger charge is 2.26. The van der Waals surface area contributed by atoms with Gasteiger partial charge in [-0.1, -0.05) is 0 Å². The van der Waals surface area contributed by atoms with Crippen molar-refractivity contribution in [1.29, 1.82) is 0 Å². The van der Waals surface area contributed by atoms with Crippen molar-refractivity contribution in [2.24, 2.45) is 11.1 Å². The second-order valence-corrected chi connectivity index (χ2v) is 4.69. The fraction of sp³-hybridized carbons (Fsp3) is 0.417. The van der Waals surface area contributed by atoms with Gasteiger partial charge in [0.2, 0.25) is 5.91 Å². The monoisotopic (exact) mass is 303 g/mol. The van der Waals surface area contributed by atoms with Gasteiger partial charge in [0.1, 0.15) is 0 Å². The molecule has 0 bridgehead atoms. The second kappa shape index (κ2) is 7.06. The lowest BCUT2D eigenvalue weighted by Crippen LogP contribution is -2.37. The number of nitro benzene ring substituents is 1. The minimum Gasteiger partial charge on any atom is -0.490 e. The van der Waals surface area contributed by atoms with Gasteiger partial charge in [-0.05, 0) is 26.0 Å². The van der Waals surface area contributed by atoms with E-state index in [1.807, 2.05) is 0 Å². The Morgan fingerprint density at radius 1 is 1.50 bits per heavy atom. The van der Waals surface area contributed by atoms with Crippen molar-refractivity contribution < 1.29 is 14.5 Å². The normalized spacial score (nSPS) is 10.4. The number of amides is 1. The highest BCUT2D eigenvalue weighted by molar-refractivity contribution is 5.95. The zero-order valence-corrected chi connectivity index (χ0v) is 12.3. The van der Waals surface area contributed by atoms with Crippen LogP contribution >= 0.6 is 12.4 Å². The summed E-state index contributed by atoms with van der Waals surface area (Å²) in [6, 6.07) is 4.23. The molecule has 112 valence electrons. The Hall–Kier alpha value is -1.86. The lowest BCUT2D eigenvalue weighted by Gasteiger charge is -2.21. The standard InChI is InChI=1S/C12H17N3O4.ClH/c1-12(2,7-13)11(16)14-8-4-5-10(19-3)9(6-8)15(17)18;/h4-6H,7,13H2,1-3H3,(H,14,16);1H. The zero-order valence-electron chi connectivity index (χ0n) is 11.5. The molecule has 0 aromatic heterocycles. The van der Waals surface area contributed by atoms with Crippen LogP contribution in [0.1, 0.15) is 13.8 Å². The Balaban J connectivity index is 0.00000361. The zero-order chi connectivity index (χ0) is 14.6. The molecule has 1 aromatic carbocycles. The number of nitrogens with two attached hydrogens (primary N) is 1. The predicted molar refractivity (Wildman–Crippen MR) is 78.4 cm³/mol. The van der Waals surface area contributed by atoms with E-state index in [9.17, 15) is 14.9 Å². The fourth-order valence-corrected chi connectivity index (χ4v) is 1.30. The van der Waals surface area contributed by atoms with Gasteiger partial charge in [0.05, 0.1) is 17.4 Å².